The maximum Gasteiger partial charge on any atom is 0.439 e. The van der Waals surface area contributed by atoms with Crippen molar-refractivity contribution in [3.63, 3.8) is 0 Å². The summed E-state index contributed by atoms with van der Waals surface area (Å²) in [6.07, 6.45) is 11.6. The van der Waals surface area contributed by atoms with Crippen LogP contribution in [0.1, 0.15) is 80.9 Å². The quantitative estimate of drug-likeness (QED) is 0.206. The summed E-state index contributed by atoms with van der Waals surface area (Å²) in [4.78, 5) is 33.6. The minimum Gasteiger partial charge on any atom is -0.296 e. The molecule has 4 aromatic rings. The number of hydrogen-bond acceptors (Lipinski definition) is 5. The van der Waals surface area contributed by atoms with Gasteiger partial charge in [-0.15, -0.1) is 17.0 Å². The molecule has 0 radical (unpaired) electrons. The molecule has 4 aliphatic rings. The molecule has 4 aliphatic carbocycles. The van der Waals surface area contributed by atoms with Crippen molar-refractivity contribution in [2.24, 2.45) is 23.2 Å². The van der Waals surface area contributed by atoms with E-state index in [1.807, 2.05) is 35.8 Å². The smallest absolute Gasteiger partial charge is 0.296 e. The molecule has 0 spiro atoms. The van der Waals surface area contributed by atoms with Gasteiger partial charge < -0.3 is 0 Å². The average molecular weight is 646 g/mol. The Bertz CT molecular complexity index is 1680. The highest BCUT2D eigenvalue weighted by molar-refractivity contribution is 8.93. The molecule has 0 saturated heterocycles. The van der Waals surface area contributed by atoms with Crippen molar-refractivity contribution in [3.8, 4) is 22.5 Å². The number of unbranched alkanes of at least 4 members (excludes halogenated alkanes) is 1. The number of halogens is 1. The summed E-state index contributed by atoms with van der Waals surface area (Å²) in [5.74, 6) is 3.29. The molecule has 7 nitrogen and oxygen atoms in total. The summed E-state index contributed by atoms with van der Waals surface area (Å²) < 4.78 is 6.78. The van der Waals surface area contributed by atoms with Crippen molar-refractivity contribution in [2.45, 2.75) is 84.6 Å². The van der Waals surface area contributed by atoms with Crippen molar-refractivity contribution >= 4 is 17.0 Å². The van der Waals surface area contributed by atoms with Gasteiger partial charge in [-0.3, -0.25) is 18.9 Å². The third-order valence-corrected chi connectivity index (χ3v) is 10.2. The SMILES string of the molecule is Br.CCCCc1nc(C)n(CC23CC4CC(CC(C4)C2)C3)c(=O)c1Cc1ccc(-c2ccccc2-c2noc(=O)[nH]2)cc1. The van der Waals surface area contributed by atoms with Crippen molar-refractivity contribution in [1.29, 1.82) is 0 Å². The second-order valence-electron chi connectivity index (χ2n) is 13.4. The van der Waals surface area contributed by atoms with Gasteiger partial charge in [0.25, 0.3) is 5.56 Å². The fourth-order valence-corrected chi connectivity index (χ4v) is 8.78. The molecule has 8 heteroatoms. The average Bonchev–Trinajstić information content (AvgIpc) is 3.41. The van der Waals surface area contributed by atoms with E-state index in [2.05, 4.69) is 41.3 Å². The summed E-state index contributed by atoms with van der Waals surface area (Å²) in [6.45, 7) is 5.05. The Morgan fingerprint density at radius 3 is 2.21 bits per heavy atom. The normalized spacial score (nSPS) is 23.8. The molecule has 2 aromatic heterocycles. The van der Waals surface area contributed by atoms with Crippen molar-refractivity contribution in [3.05, 3.63) is 92.1 Å². The van der Waals surface area contributed by atoms with Gasteiger partial charge in [-0.25, -0.2) is 9.78 Å². The maximum absolute atomic E-state index is 14.3. The number of nitrogens with zero attached hydrogens (tertiary/aromatic N) is 3. The molecule has 0 unspecified atom stereocenters. The molecule has 0 atom stereocenters. The minimum atomic E-state index is -0.574. The van der Waals surface area contributed by atoms with Gasteiger partial charge in [-0.1, -0.05) is 67.0 Å². The van der Waals surface area contributed by atoms with Crippen LogP contribution in [0, 0.1) is 30.1 Å². The first-order chi connectivity index (χ1) is 20.4. The van der Waals surface area contributed by atoms with Gasteiger partial charge in [0.05, 0.1) is 5.69 Å². The van der Waals surface area contributed by atoms with E-state index in [-0.39, 0.29) is 28.0 Å². The summed E-state index contributed by atoms with van der Waals surface area (Å²) in [5, 5.41) is 3.88. The predicted molar refractivity (Wildman–Crippen MR) is 174 cm³/mol. The molecular formula is C35H41BrN4O3. The van der Waals surface area contributed by atoms with E-state index >= 15 is 0 Å². The lowest BCUT2D eigenvalue weighted by Crippen LogP contribution is -2.49. The first-order valence-corrected chi connectivity index (χ1v) is 15.7. The van der Waals surface area contributed by atoms with Crippen molar-refractivity contribution < 1.29 is 4.52 Å². The van der Waals surface area contributed by atoms with Crippen molar-refractivity contribution in [1.82, 2.24) is 19.7 Å². The van der Waals surface area contributed by atoms with Crippen LogP contribution in [-0.2, 0) is 19.4 Å². The molecular weight excluding hydrogens is 604 g/mol. The van der Waals surface area contributed by atoms with Crippen LogP contribution >= 0.6 is 17.0 Å². The topological polar surface area (TPSA) is 93.8 Å². The summed E-state index contributed by atoms with van der Waals surface area (Å²) in [5.41, 5.74) is 6.10. The van der Waals surface area contributed by atoms with Crippen LogP contribution in [0.3, 0.4) is 0 Å². The van der Waals surface area contributed by atoms with E-state index in [1.165, 1.54) is 38.5 Å². The predicted octanol–water partition coefficient (Wildman–Crippen LogP) is 7.29. The fraction of sp³-hybridized carbons (Fsp3) is 0.486. The van der Waals surface area contributed by atoms with Gasteiger partial charge in [0.1, 0.15) is 5.82 Å². The Morgan fingerprint density at radius 1 is 0.953 bits per heavy atom. The number of aryl methyl sites for hydroxylation is 2. The highest BCUT2D eigenvalue weighted by Crippen LogP contribution is 2.60. The number of nitrogens with one attached hydrogen (secondary N) is 1. The lowest BCUT2D eigenvalue weighted by Gasteiger charge is -2.57. The highest BCUT2D eigenvalue weighted by atomic mass is 79.9. The number of H-pyrrole nitrogens is 1. The van der Waals surface area contributed by atoms with E-state index in [1.54, 1.807) is 0 Å². The third kappa shape index (κ3) is 5.83. The van der Waals surface area contributed by atoms with Crippen LogP contribution in [0.5, 0.6) is 0 Å². The monoisotopic (exact) mass is 644 g/mol. The molecule has 0 aliphatic heterocycles. The number of rotatable bonds is 9. The summed E-state index contributed by atoms with van der Waals surface area (Å²) >= 11 is 0. The zero-order valence-electron chi connectivity index (χ0n) is 25.1. The zero-order chi connectivity index (χ0) is 28.8. The van der Waals surface area contributed by atoms with Crippen LogP contribution in [0.2, 0.25) is 0 Å². The van der Waals surface area contributed by atoms with Crippen LogP contribution < -0.4 is 11.3 Å². The lowest BCUT2D eigenvalue weighted by atomic mass is 9.49. The Balaban J connectivity index is 0.00000329. The molecule has 1 N–H and O–H groups in total. The van der Waals surface area contributed by atoms with E-state index in [0.717, 1.165) is 82.9 Å². The van der Waals surface area contributed by atoms with Gasteiger partial charge in [0, 0.05) is 24.1 Å². The molecule has 4 saturated carbocycles. The van der Waals surface area contributed by atoms with Gasteiger partial charge in [0.15, 0.2) is 5.82 Å². The molecule has 4 fully saturated rings. The number of hydrogen-bond donors (Lipinski definition) is 1. The van der Waals surface area contributed by atoms with E-state index in [4.69, 9.17) is 9.51 Å². The number of aromatic amines is 1. The molecule has 0 amide bonds. The molecule has 43 heavy (non-hydrogen) atoms. The van der Waals surface area contributed by atoms with Crippen LogP contribution in [-0.4, -0.2) is 19.7 Å². The van der Waals surface area contributed by atoms with Crippen LogP contribution in [0.15, 0.2) is 62.6 Å². The Hall–Kier alpha value is -3.26. The largest absolute Gasteiger partial charge is 0.439 e. The van der Waals surface area contributed by atoms with E-state index < -0.39 is 5.76 Å². The van der Waals surface area contributed by atoms with Gasteiger partial charge >= 0.3 is 5.76 Å². The highest BCUT2D eigenvalue weighted by Gasteiger charge is 2.51. The first-order valence-electron chi connectivity index (χ1n) is 15.7. The van der Waals surface area contributed by atoms with Crippen LogP contribution in [0.4, 0.5) is 0 Å². The van der Waals surface area contributed by atoms with E-state index in [9.17, 15) is 9.59 Å². The van der Waals surface area contributed by atoms with E-state index in [0.29, 0.717) is 12.2 Å². The van der Waals surface area contributed by atoms with Gasteiger partial charge in [0.2, 0.25) is 0 Å². The molecule has 8 rings (SSSR count). The molecule has 2 heterocycles. The zero-order valence-corrected chi connectivity index (χ0v) is 26.8. The Labute approximate surface area is 262 Å². The third-order valence-electron chi connectivity index (χ3n) is 10.2. The van der Waals surface area contributed by atoms with Gasteiger partial charge in [-0.2, -0.15) is 0 Å². The Morgan fingerprint density at radius 2 is 1.60 bits per heavy atom. The van der Waals surface area contributed by atoms with Crippen LogP contribution in [0.25, 0.3) is 22.5 Å². The fourth-order valence-electron chi connectivity index (χ4n) is 8.78. The number of benzene rings is 2. The minimum absolute atomic E-state index is 0. The number of aromatic nitrogens is 4. The molecule has 2 aromatic carbocycles. The maximum atomic E-state index is 14.3. The standard InChI is InChI=1S/C35H40N4O3.BrH/c1-3-4-9-31-30(33(40)39(22(2)36-31)21-35-18-24-14-25(19-35)16-26(15-24)20-35)17-23-10-12-27(13-11-23)28-7-5-6-8-29(28)32-37-34(41)42-38-32;/h5-8,10-13,24-26H,3-4,9,14-21H2,1-2H3,(H,37,38,41);1H. The first kappa shape index (κ1) is 29.8. The second-order valence-corrected chi connectivity index (χ2v) is 13.4. The molecule has 226 valence electrons. The summed E-state index contributed by atoms with van der Waals surface area (Å²) in [7, 11) is 0. The molecule has 4 bridgehead atoms. The second kappa shape index (κ2) is 12.0. The van der Waals surface area contributed by atoms with Gasteiger partial charge in [-0.05, 0) is 98.1 Å². The Kier molecular flexibility index (Phi) is 8.33. The van der Waals surface area contributed by atoms with Crippen molar-refractivity contribution in [2.75, 3.05) is 0 Å². The summed E-state index contributed by atoms with van der Waals surface area (Å²) in [6, 6.07) is 16.2. The lowest BCUT2D eigenvalue weighted by molar-refractivity contribution is -0.0628.